The van der Waals surface area contributed by atoms with Crippen molar-refractivity contribution in [1.29, 1.82) is 0 Å². The first kappa shape index (κ1) is 10.4. The maximum Gasteiger partial charge on any atom is 0.224 e. The molecule has 1 aliphatic heterocycles. The molecule has 0 N–H and O–H groups in total. The molecule has 2 heteroatoms. The van der Waals surface area contributed by atoms with Gasteiger partial charge in [0.1, 0.15) is 0 Å². The molecular weight excluding hydrogens is 228 g/mol. The molecule has 0 saturated heterocycles. The highest BCUT2D eigenvalue weighted by atomic mass is 32.2. The lowest BCUT2D eigenvalue weighted by atomic mass is 10.0. The summed E-state index contributed by atoms with van der Waals surface area (Å²) in [6, 6.07) is 17.9. The average Bonchev–Trinajstić information content (AvgIpc) is 2.68. The summed E-state index contributed by atoms with van der Waals surface area (Å²) in [6.07, 6.45) is 1.96. The van der Waals surface area contributed by atoms with Gasteiger partial charge in [-0.05, 0) is 29.5 Å². The van der Waals surface area contributed by atoms with Gasteiger partial charge in [-0.15, -0.1) is 0 Å². The van der Waals surface area contributed by atoms with Gasteiger partial charge in [0, 0.05) is 16.0 Å². The lowest BCUT2D eigenvalue weighted by molar-refractivity contribution is -0.106. The third-order valence-corrected chi connectivity index (χ3v) is 3.69. The molecule has 17 heavy (non-hydrogen) atoms. The normalized spacial score (nSPS) is 16.2. The fourth-order valence-corrected chi connectivity index (χ4v) is 2.81. The molecule has 0 amide bonds. The van der Waals surface area contributed by atoms with Crippen LogP contribution in [0.4, 0.5) is 0 Å². The van der Waals surface area contributed by atoms with Crippen molar-refractivity contribution < 1.29 is 4.79 Å². The van der Waals surface area contributed by atoms with Crippen LogP contribution in [0.1, 0.15) is 11.1 Å². The number of carbonyl (C=O) groups is 1. The van der Waals surface area contributed by atoms with E-state index in [9.17, 15) is 4.79 Å². The van der Waals surface area contributed by atoms with Crippen molar-refractivity contribution in [3.8, 4) is 0 Å². The molecular formula is C15H10OS. The van der Waals surface area contributed by atoms with E-state index in [1.54, 1.807) is 0 Å². The zero-order valence-electron chi connectivity index (χ0n) is 9.09. The lowest BCUT2D eigenvalue weighted by Crippen LogP contribution is -1.87. The van der Waals surface area contributed by atoms with Crippen molar-refractivity contribution in [2.45, 2.75) is 4.90 Å². The van der Waals surface area contributed by atoms with Crippen molar-refractivity contribution in [3.63, 3.8) is 0 Å². The van der Waals surface area contributed by atoms with E-state index in [4.69, 9.17) is 0 Å². The fourth-order valence-electron chi connectivity index (χ4n) is 1.90. The van der Waals surface area contributed by atoms with Gasteiger partial charge in [-0.1, -0.05) is 48.5 Å². The molecule has 3 rings (SSSR count). The van der Waals surface area contributed by atoms with E-state index in [1.807, 2.05) is 60.7 Å². The predicted octanol–water partition coefficient (Wildman–Crippen LogP) is 3.86. The molecule has 0 bridgehead atoms. The second-order valence-corrected chi connectivity index (χ2v) is 4.87. The van der Waals surface area contributed by atoms with E-state index in [1.165, 1.54) is 11.8 Å². The first-order valence-corrected chi connectivity index (χ1v) is 6.24. The Morgan fingerprint density at radius 1 is 0.882 bits per heavy atom. The van der Waals surface area contributed by atoms with Crippen molar-refractivity contribution in [2.24, 2.45) is 0 Å². The van der Waals surface area contributed by atoms with Crippen LogP contribution in [0.25, 0.3) is 11.6 Å². The number of thioether (sulfide) groups is 1. The van der Waals surface area contributed by atoms with Crippen molar-refractivity contribution in [2.75, 3.05) is 0 Å². The molecule has 0 aliphatic carbocycles. The second kappa shape index (κ2) is 4.22. The number of benzene rings is 2. The highest BCUT2D eigenvalue weighted by molar-refractivity contribution is 8.15. The molecule has 0 saturated carbocycles. The first-order chi connectivity index (χ1) is 8.34. The van der Waals surface area contributed by atoms with Gasteiger partial charge in [-0.2, -0.15) is 0 Å². The molecule has 2 aromatic carbocycles. The van der Waals surface area contributed by atoms with Crippen LogP contribution in [0.3, 0.4) is 0 Å². The average molecular weight is 238 g/mol. The monoisotopic (exact) mass is 238 g/mol. The highest BCUT2D eigenvalue weighted by Crippen LogP contribution is 2.40. The topological polar surface area (TPSA) is 17.1 Å². The zero-order chi connectivity index (χ0) is 11.7. The second-order valence-electron chi connectivity index (χ2n) is 3.85. The Morgan fingerprint density at radius 2 is 1.59 bits per heavy atom. The zero-order valence-corrected chi connectivity index (χ0v) is 9.91. The molecule has 2 aromatic rings. The Labute approximate surface area is 104 Å². The number of hydrogen-bond acceptors (Lipinski definition) is 2. The largest absolute Gasteiger partial charge is 0.281 e. The van der Waals surface area contributed by atoms with E-state index < -0.39 is 0 Å². The van der Waals surface area contributed by atoms with Crippen LogP contribution >= 0.6 is 11.8 Å². The SMILES string of the molecule is O=C1Sc2ccccc2/C1=C/c1ccccc1. The van der Waals surface area contributed by atoms with Crippen molar-refractivity contribution >= 4 is 28.5 Å². The Bertz CT molecular complexity index is 599. The van der Waals surface area contributed by atoms with Crippen LogP contribution in [0.15, 0.2) is 59.5 Å². The lowest BCUT2D eigenvalue weighted by Gasteiger charge is -1.98. The molecule has 1 aliphatic rings. The Kier molecular flexibility index (Phi) is 2.57. The maximum atomic E-state index is 11.9. The van der Waals surface area contributed by atoms with Crippen molar-refractivity contribution in [1.82, 2.24) is 0 Å². The number of rotatable bonds is 1. The van der Waals surface area contributed by atoms with Gasteiger partial charge < -0.3 is 0 Å². The van der Waals surface area contributed by atoms with Gasteiger partial charge in [-0.25, -0.2) is 0 Å². The van der Waals surface area contributed by atoms with E-state index in [0.29, 0.717) is 0 Å². The fraction of sp³-hybridized carbons (Fsp3) is 0. The summed E-state index contributed by atoms with van der Waals surface area (Å²) in [7, 11) is 0. The van der Waals surface area contributed by atoms with Crippen LogP contribution in [0.5, 0.6) is 0 Å². The van der Waals surface area contributed by atoms with Crippen LogP contribution in [-0.2, 0) is 4.79 Å². The first-order valence-electron chi connectivity index (χ1n) is 5.43. The van der Waals surface area contributed by atoms with Gasteiger partial charge in [0.25, 0.3) is 0 Å². The van der Waals surface area contributed by atoms with Gasteiger partial charge >= 0.3 is 0 Å². The summed E-state index contributed by atoms with van der Waals surface area (Å²) < 4.78 is 0. The quantitative estimate of drug-likeness (QED) is 0.702. The molecule has 82 valence electrons. The number of hydrogen-bond donors (Lipinski definition) is 0. The van der Waals surface area contributed by atoms with E-state index in [2.05, 4.69) is 0 Å². The van der Waals surface area contributed by atoms with Gasteiger partial charge in [0.2, 0.25) is 5.12 Å². The molecule has 0 unspecified atom stereocenters. The summed E-state index contributed by atoms with van der Waals surface area (Å²) in [6.45, 7) is 0. The molecule has 1 heterocycles. The van der Waals surface area contributed by atoms with Crippen molar-refractivity contribution in [3.05, 3.63) is 65.7 Å². The Morgan fingerprint density at radius 3 is 2.41 bits per heavy atom. The van der Waals surface area contributed by atoms with Gasteiger partial charge in [0.05, 0.1) is 0 Å². The molecule has 0 radical (unpaired) electrons. The summed E-state index contributed by atoms with van der Waals surface area (Å²) in [5, 5.41) is 0.134. The third kappa shape index (κ3) is 1.92. The summed E-state index contributed by atoms with van der Waals surface area (Å²) >= 11 is 1.31. The van der Waals surface area contributed by atoms with E-state index >= 15 is 0 Å². The highest BCUT2D eigenvalue weighted by Gasteiger charge is 2.24. The Hall–Kier alpha value is -1.80. The molecule has 0 fully saturated rings. The standard InChI is InChI=1S/C15H10OS/c16-15-13(10-11-6-2-1-3-7-11)12-8-4-5-9-14(12)17-15/h1-10H/b13-10-. The summed E-state index contributed by atoms with van der Waals surface area (Å²) in [5.74, 6) is 0. The van der Waals surface area contributed by atoms with Gasteiger partial charge in [0.15, 0.2) is 0 Å². The Balaban J connectivity index is 2.10. The van der Waals surface area contributed by atoms with Crippen LogP contribution in [-0.4, -0.2) is 5.12 Å². The minimum absolute atomic E-state index is 0.134. The third-order valence-electron chi connectivity index (χ3n) is 2.71. The number of fused-ring (bicyclic) bond motifs is 1. The minimum Gasteiger partial charge on any atom is -0.281 e. The smallest absolute Gasteiger partial charge is 0.224 e. The molecule has 0 atom stereocenters. The summed E-state index contributed by atoms with van der Waals surface area (Å²) in [5.41, 5.74) is 2.91. The summed E-state index contributed by atoms with van der Waals surface area (Å²) in [4.78, 5) is 13.0. The molecule has 1 nitrogen and oxygen atoms in total. The van der Waals surface area contributed by atoms with Crippen LogP contribution in [0, 0.1) is 0 Å². The predicted molar refractivity (Wildman–Crippen MR) is 71.6 cm³/mol. The minimum atomic E-state index is 0.134. The maximum absolute atomic E-state index is 11.9. The van der Waals surface area contributed by atoms with Gasteiger partial charge in [-0.3, -0.25) is 4.79 Å². The molecule has 0 aromatic heterocycles. The number of carbonyl (C=O) groups excluding carboxylic acids is 1. The van der Waals surface area contributed by atoms with E-state index in [0.717, 1.165) is 21.6 Å². The van der Waals surface area contributed by atoms with Crippen LogP contribution < -0.4 is 0 Å². The van der Waals surface area contributed by atoms with E-state index in [-0.39, 0.29) is 5.12 Å². The van der Waals surface area contributed by atoms with Crippen LogP contribution in [0.2, 0.25) is 0 Å². The molecule has 0 spiro atoms.